The quantitative estimate of drug-likeness (QED) is 0.607. The van der Waals surface area contributed by atoms with Crippen LogP contribution in [0.4, 0.5) is 8.78 Å². The molecule has 0 aliphatic heterocycles. The Morgan fingerprint density at radius 3 is 1.93 bits per heavy atom. The molecular formula is C13H24F2. The molecule has 2 heteroatoms. The van der Waals surface area contributed by atoms with E-state index in [1.54, 1.807) is 0 Å². The molecule has 0 amide bonds. The van der Waals surface area contributed by atoms with Crippen molar-refractivity contribution >= 4 is 0 Å². The van der Waals surface area contributed by atoms with Gasteiger partial charge in [-0.05, 0) is 24.7 Å². The fourth-order valence-electron chi connectivity index (χ4n) is 2.89. The number of hydrogen-bond donors (Lipinski definition) is 0. The topological polar surface area (TPSA) is 0 Å². The van der Waals surface area contributed by atoms with Crippen molar-refractivity contribution in [3.05, 3.63) is 0 Å². The molecule has 0 bridgehead atoms. The predicted octanol–water partition coefficient (Wildman–Crippen LogP) is 5.03. The molecule has 90 valence electrons. The van der Waals surface area contributed by atoms with Crippen molar-refractivity contribution in [2.24, 2.45) is 11.8 Å². The number of alkyl halides is 2. The Morgan fingerprint density at radius 1 is 1.07 bits per heavy atom. The number of halogens is 2. The molecule has 0 nitrogen and oxygen atoms in total. The molecule has 0 spiro atoms. The lowest BCUT2D eigenvalue weighted by molar-refractivity contribution is -0.0532. The van der Waals surface area contributed by atoms with E-state index in [-0.39, 0.29) is 12.8 Å². The van der Waals surface area contributed by atoms with E-state index >= 15 is 0 Å². The molecule has 1 aliphatic carbocycles. The molecule has 0 saturated heterocycles. The van der Waals surface area contributed by atoms with Crippen LogP contribution in [0.5, 0.6) is 0 Å². The van der Waals surface area contributed by atoms with E-state index in [2.05, 4.69) is 13.8 Å². The van der Waals surface area contributed by atoms with Crippen molar-refractivity contribution in [2.75, 3.05) is 0 Å². The maximum Gasteiger partial charge on any atom is 0.248 e. The standard InChI is InChI=1S/C13H24F2/c1-3-5-11(6-4-2)12-7-9-13(14,15)10-8-12/h11-12H,3-10H2,1-2H3. The molecular weight excluding hydrogens is 194 g/mol. The molecule has 1 saturated carbocycles. The van der Waals surface area contributed by atoms with Gasteiger partial charge in [0.15, 0.2) is 0 Å². The van der Waals surface area contributed by atoms with Crippen LogP contribution in [0.15, 0.2) is 0 Å². The van der Waals surface area contributed by atoms with Crippen molar-refractivity contribution < 1.29 is 8.78 Å². The van der Waals surface area contributed by atoms with Crippen LogP contribution < -0.4 is 0 Å². The Bertz CT molecular complexity index is 161. The van der Waals surface area contributed by atoms with Crippen LogP contribution in [0.3, 0.4) is 0 Å². The summed E-state index contributed by atoms with van der Waals surface area (Å²) >= 11 is 0. The molecule has 0 N–H and O–H groups in total. The fourth-order valence-corrected chi connectivity index (χ4v) is 2.89. The first-order chi connectivity index (χ1) is 7.09. The second-order valence-electron chi connectivity index (χ2n) is 5.03. The Labute approximate surface area is 92.4 Å². The Balaban J connectivity index is 2.41. The van der Waals surface area contributed by atoms with Gasteiger partial charge in [-0.2, -0.15) is 0 Å². The van der Waals surface area contributed by atoms with Gasteiger partial charge in [0.2, 0.25) is 5.92 Å². The highest BCUT2D eigenvalue weighted by Crippen LogP contribution is 2.41. The first-order valence-corrected chi connectivity index (χ1v) is 6.47. The highest BCUT2D eigenvalue weighted by molar-refractivity contribution is 4.81. The summed E-state index contributed by atoms with van der Waals surface area (Å²) in [6.07, 6.45) is 6.59. The first-order valence-electron chi connectivity index (χ1n) is 6.47. The second kappa shape index (κ2) is 5.81. The monoisotopic (exact) mass is 218 g/mol. The smallest absolute Gasteiger partial charge is 0.207 e. The fraction of sp³-hybridized carbons (Fsp3) is 1.00. The van der Waals surface area contributed by atoms with Gasteiger partial charge in [0.05, 0.1) is 0 Å². The average Bonchev–Trinajstić information content (AvgIpc) is 2.18. The maximum absolute atomic E-state index is 13.0. The minimum atomic E-state index is -2.36. The Morgan fingerprint density at radius 2 is 1.53 bits per heavy atom. The summed E-state index contributed by atoms with van der Waals surface area (Å²) in [6.45, 7) is 4.39. The van der Waals surface area contributed by atoms with Crippen molar-refractivity contribution in [3.63, 3.8) is 0 Å². The van der Waals surface area contributed by atoms with Crippen LogP contribution in [0.2, 0.25) is 0 Å². The largest absolute Gasteiger partial charge is 0.248 e. The zero-order valence-corrected chi connectivity index (χ0v) is 10.1. The maximum atomic E-state index is 13.0. The summed E-state index contributed by atoms with van der Waals surface area (Å²) in [5.74, 6) is -1.08. The third-order valence-electron chi connectivity index (χ3n) is 3.75. The zero-order valence-electron chi connectivity index (χ0n) is 10.1. The Hall–Kier alpha value is -0.140. The van der Waals surface area contributed by atoms with Crippen LogP contribution in [-0.4, -0.2) is 5.92 Å². The van der Waals surface area contributed by atoms with Crippen LogP contribution in [-0.2, 0) is 0 Å². The highest BCUT2D eigenvalue weighted by atomic mass is 19.3. The van der Waals surface area contributed by atoms with Crippen molar-refractivity contribution in [3.8, 4) is 0 Å². The molecule has 1 aliphatic rings. The average molecular weight is 218 g/mol. The van der Waals surface area contributed by atoms with Crippen molar-refractivity contribution in [1.29, 1.82) is 0 Å². The summed E-state index contributed by atoms with van der Waals surface area (Å²) in [5.41, 5.74) is 0. The van der Waals surface area contributed by atoms with E-state index < -0.39 is 5.92 Å². The van der Waals surface area contributed by atoms with Gasteiger partial charge in [0.25, 0.3) is 0 Å². The van der Waals surface area contributed by atoms with E-state index in [9.17, 15) is 8.78 Å². The lowest BCUT2D eigenvalue weighted by Crippen LogP contribution is -2.28. The van der Waals surface area contributed by atoms with Gasteiger partial charge in [-0.25, -0.2) is 8.78 Å². The normalized spacial score (nSPS) is 22.2. The van der Waals surface area contributed by atoms with E-state index in [0.717, 1.165) is 12.8 Å². The highest BCUT2D eigenvalue weighted by Gasteiger charge is 2.36. The van der Waals surface area contributed by atoms with E-state index in [1.165, 1.54) is 25.7 Å². The molecule has 15 heavy (non-hydrogen) atoms. The molecule has 0 unspecified atom stereocenters. The summed E-state index contributed by atoms with van der Waals surface area (Å²) in [4.78, 5) is 0. The van der Waals surface area contributed by atoms with Crippen LogP contribution in [0.25, 0.3) is 0 Å². The van der Waals surface area contributed by atoms with Gasteiger partial charge < -0.3 is 0 Å². The van der Waals surface area contributed by atoms with Crippen LogP contribution in [0, 0.1) is 11.8 Å². The molecule has 1 fully saturated rings. The van der Waals surface area contributed by atoms with Crippen molar-refractivity contribution in [1.82, 2.24) is 0 Å². The number of rotatable bonds is 5. The van der Waals surface area contributed by atoms with Crippen molar-refractivity contribution in [2.45, 2.75) is 71.1 Å². The summed E-state index contributed by atoms with van der Waals surface area (Å²) < 4.78 is 26.0. The SMILES string of the molecule is CCCC(CCC)C1CCC(F)(F)CC1. The van der Waals surface area contributed by atoms with Gasteiger partial charge in [-0.15, -0.1) is 0 Å². The van der Waals surface area contributed by atoms with Crippen LogP contribution in [0.1, 0.15) is 65.2 Å². The van der Waals surface area contributed by atoms with E-state index in [4.69, 9.17) is 0 Å². The minimum Gasteiger partial charge on any atom is -0.207 e. The molecule has 0 heterocycles. The molecule has 0 aromatic carbocycles. The summed E-state index contributed by atoms with van der Waals surface area (Å²) in [5, 5.41) is 0. The molecule has 0 aromatic rings. The van der Waals surface area contributed by atoms with Gasteiger partial charge in [0.1, 0.15) is 0 Å². The van der Waals surface area contributed by atoms with Gasteiger partial charge in [-0.3, -0.25) is 0 Å². The molecule has 0 aromatic heterocycles. The summed E-state index contributed by atoms with van der Waals surface area (Å²) in [6, 6.07) is 0. The third-order valence-corrected chi connectivity index (χ3v) is 3.75. The third kappa shape index (κ3) is 4.08. The van der Waals surface area contributed by atoms with Gasteiger partial charge in [-0.1, -0.05) is 39.5 Å². The lowest BCUT2D eigenvalue weighted by atomic mass is 9.75. The predicted molar refractivity (Wildman–Crippen MR) is 60.2 cm³/mol. The second-order valence-corrected chi connectivity index (χ2v) is 5.03. The first kappa shape index (κ1) is 12.9. The van der Waals surface area contributed by atoms with Crippen LogP contribution >= 0.6 is 0 Å². The molecule has 1 rings (SSSR count). The van der Waals surface area contributed by atoms with E-state index in [1.807, 2.05) is 0 Å². The number of hydrogen-bond acceptors (Lipinski definition) is 0. The Kier molecular flexibility index (Phi) is 5.01. The van der Waals surface area contributed by atoms with E-state index in [0.29, 0.717) is 11.8 Å². The molecule has 0 radical (unpaired) electrons. The van der Waals surface area contributed by atoms with Gasteiger partial charge in [0, 0.05) is 12.8 Å². The summed E-state index contributed by atoms with van der Waals surface area (Å²) in [7, 11) is 0. The zero-order chi connectivity index (χ0) is 11.3. The van der Waals surface area contributed by atoms with Gasteiger partial charge >= 0.3 is 0 Å². The minimum absolute atomic E-state index is 0.127. The lowest BCUT2D eigenvalue weighted by Gasteiger charge is -2.33. The molecule has 0 atom stereocenters.